The van der Waals surface area contributed by atoms with Crippen molar-refractivity contribution in [2.45, 2.75) is 9.79 Å². The van der Waals surface area contributed by atoms with Gasteiger partial charge in [-0.25, -0.2) is 16.8 Å². The van der Waals surface area contributed by atoms with E-state index in [0.29, 0.717) is 11.5 Å². The van der Waals surface area contributed by atoms with Crippen molar-refractivity contribution in [3.8, 4) is 23.0 Å². The van der Waals surface area contributed by atoms with Crippen molar-refractivity contribution in [1.29, 1.82) is 0 Å². The zero-order chi connectivity index (χ0) is 24.6. The average molecular weight is 557 g/mol. The molecule has 0 aromatic heterocycles. The molecule has 10 nitrogen and oxygen atoms in total. The van der Waals surface area contributed by atoms with E-state index in [2.05, 4.69) is 0 Å². The Balaban J connectivity index is 1.69. The summed E-state index contributed by atoms with van der Waals surface area (Å²) in [5.74, 6) is 1.03. The Labute approximate surface area is 206 Å². The van der Waals surface area contributed by atoms with Crippen LogP contribution in [0.2, 0.25) is 0 Å². The lowest BCUT2D eigenvalue weighted by Gasteiger charge is -2.16. The number of benzene rings is 2. The molecule has 2 aromatic carbocycles. The van der Waals surface area contributed by atoms with Crippen molar-refractivity contribution < 1.29 is 45.3 Å². The highest BCUT2D eigenvalue weighted by molar-refractivity contribution is 8.14. The van der Waals surface area contributed by atoms with Gasteiger partial charge in [0.2, 0.25) is 0 Å². The van der Waals surface area contributed by atoms with E-state index in [1.54, 1.807) is 0 Å². The predicted molar refractivity (Wildman–Crippen MR) is 123 cm³/mol. The number of hydrogen-bond donors (Lipinski definition) is 0. The Bertz CT molecular complexity index is 1090. The van der Waals surface area contributed by atoms with Crippen LogP contribution in [0.5, 0.6) is 23.0 Å². The molecule has 0 amide bonds. The SMILES string of the molecule is O=S(=O)(Cl)c1ccc2c(c1)OCCOCCOc1cc(S(=O)(=O)Cl)ccc1OCCOCCO2. The average Bonchev–Trinajstić information content (AvgIpc) is 2.77. The number of hydrogen-bond acceptors (Lipinski definition) is 10. The molecule has 3 rings (SSSR count). The lowest BCUT2D eigenvalue weighted by atomic mass is 10.3. The first-order chi connectivity index (χ1) is 16.1. The summed E-state index contributed by atoms with van der Waals surface area (Å²) in [7, 11) is 2.94. The summed E-state index contributed by atoms with van der Waals surface area (Å²) >= 11 is 0. The summed E-state index contributed by atoms with van der Waals surface area (Å²) < 4.78 is 80.0. The molecule has 0 saturated carbocycles. The highest BCUT2D eigenvalue weighted by Crippen LogP contribution is 2.32. The molecular formula is C20H22Cl2O10S2. The van der Waals surface area contributed by atoms with E-state index in [4.69, 9.17) is 49.8 Å². The molecule has 1 heterocycles. The van der Waals surface area contributed by atoms with E-state index in [1.807, 2.05) is 0 Å². The number of ether oxygens (including phenoxy) is 6. The zero-order valence-electron chi connectivity index (χ0n) is 17.8. The van der Waals surface area contributed by atoms with Crippen LogP contribution >= 0.6 is 21.4 Å². The third-order valence-electron chi connectivity index (χ3n) is 4.33. The van der Waals surface area contributed by atoms with Gasteiger partial charge >= 0.3 is 0 Å². The van der Waals surface area contributed by atoms with E-state index < -0.39 is 18.1 Å². The van der Waals surface area contributed by atoms with Crippen LogP contribution in [0.3, 0.4) is 0 Å². The van der Waals surface area contributed by atoms with E-state index in [-0.39, 0.29) is 74.1 Å². The molecular weight excluding hydrogens is 535 g/mol. The molecule has 0 bridgehead atoms. The Morgan fingerprint density at radius 1 is 0.500 bits per heavy atom. The number of rotatable bonds is 2. The second-order valence-corrected chi connectivity index (χ2v) is 11.8. The van der Waals surface area contributed by atoms with Gasteiger partial charge in [-0.05, 0) is 24.3 Å². The van der Waals surface area contributed by atoms with Gasteiger partial charge in [0.15, 0.2) is 23.0 Å². The van der Waals surface area contributed by atoms with Gasteiger partial charge in [-0.2, -0.15) is 0 Å². The molecule has 188 valence electrons. The molecule has 34 heavy (non-hydrogen) atoms. The first kappa shape index (κ1) is 26.6. The Hall–Kier alpha value is -1.96. The summed E-state index contributed by atoms with van der Waals surface area (Å²) in [5, 5.41) is 0. The molecule has 0 radical (unpaired) electrons. The molecule has 0 atom stereocenters. The van der Waals surface area contributed by atoms with Gasteiger partial charge in [0, 0.05) is 33.5 Å². The molecule has 0 N–H and O–H groups in total. The van der Waals surface area contributed by atoms with Crippen molar-refractivity contribution in [3.63, 3.8) is 0 Å². The minimum absolute atomic E-state index is 0.0903. The third kappa shape index (κ3) is 8.07. The lowest BCUT2D eigenvalue weighted by molar-refractivity contribution is 0.0639. The molecule has 0 unspecified atom stereocenters. The Morgan fingerprint density at radius 2 is 0.824 bits per heavy atom. The fraction of sp³-hybridized carbons (Fsp3) is 0.400. The van der Waals surface area contributed by atoms with Crippen LogP contribution in [-0.4, -0.2) is 69.7 Å². The topological polar surface area (TPSA) is 124 Å². The summed E-state index contributed by atoms with van der Waals surface area (Å²) in [6.45, 7) is 1.25. The summed E-state index contributed by atoms with van der Waals surface area (Å²) in [4.78, 5) is -0.253. The predicted octanol–water partition coefficient (Wildman–Crippen LogP) is 2.80. The molecule has 1 aliphatic rings. The third-order valence-corrected chi connectivity index (χ3v) is 7.04. The normalized spacial score (nSPS) is 16.8. The van der Waals surface area contributed by atoms with Gasteiger partial charge in [0.1, 0.15) is 26.4 Å². The van der Waals surface area contributed by atoms with Crippen LogP contribution in [0.15, 0.2) is 46.2 Å². The van der Waals surface area contributed by atoms with Crippen LogP contribution < -0.4 is 18.9 Å². The molecule has 0 saturated heterocycles. The second kappa shape index (κ2) is 12.1. The highest BCUT2D eigenvalue weighted by Gasteiger charge is 2.17. The van der Waals surface area contributed by atoms with Crippen molar-refractivity contribution in [2.75, 3.05) is 52.9 Å². The molecule has 0 aliphatic carbocycles. The monoisotopic (exact) mass is 556 g/mol. The molecule has 1 aliphatic heterocycles. The minimum Gasteiger partial charge on any atom is -0.487 e. The van der Waals surface area contributed by atoms with Gasteiger partial charge < -0.3 is 28.4 Å². The quantitative estimate of drug-likeness (QED) is 0.510. The van der Waals surface area contributed by atoms with Gasteiger partial charge in [-0.3, -0.25) is 0 Å². The van der Waals surface area contributed by atoms with E-state index in [0.717, 1.165) is 0 Å². The summed E-state index contributed by atoms with van der Waals surface area (Å²) in [6.07, 6.45) is 0. The largest absolute Gasteiger partial charge is 0.487 e. The summed E-state index contributed by atoms with van der Waals surface area (Å²) in [6, 6.07) is 8.08. The van der Waals surface area contributed by atoms with Crippen molar-refractivity contribution in [2.24, 2.45) is 0 Å². The Morgan fingerprint density at radius 3 is 1.15 bits per heavy atom. The van der Waals surface area contributed by atoms with Crippen LogP contribution in [0, 0.1) is 0 Å². The van der Waals surface area contributed by atoms with Crippen LogP contribution in [0.4, 0.5) is 0 Å². The van der Waals surface area contributed by atoms with E-state index >= 15 is 0 Å². The first-order valence-electron chi connectivity index (χ1n) is 9.99. The Kier molecular flexibility index (Phi) is 9.51. The van der Waals surface area contributed by atoms with Gasteiger partial charge in [-0.1, -0.05) is 0 Å². The maximum atomic E-state index is 11.6. The number of fused-ring (bicyclic) bond motifs is 2. The standard InChI is InChI=1S/C20H22Cl2O10S2/c21-33(23,24)15-1-3-17-19(13-15)31-11-7-28-8-12-32-20-14-16(34(22,25)26)2-4-18(20)30-10-6-27-5-9-29-17/h1-4,13-14H,5-12H2. The fourth-order valence-electron chi connectivity index (χ4n) is 2.79. The van der Waals surface area contributed by atoms with Gasteiger partial charge in [-0.15, -0.1) is 0 Å². The maximum absolute atomic E-state index is 11.6. The molecule has 0 fully saturated rings. The van der Waals surface area contributed by atoms with Crippen molar-refractivity contribution in [3.05, 3.63) is 36.4 Å². The summed E-state index contributed by atoms with van der Waals surface area (Å²) in [5.41, 5.74) is 0. The zero-order valence-corrected chi connectivity index (χ0v) is 20.9. The van der Waals surface area contributed by atoms with Gasteiger partial charge in [0.25, 0.3) is 18.1 Å². The van der Waals surface area contributed by atoms with Crippen LogP contribution in [0.1, 0.15) is 0 Å². The van der Waals surface area contributed by atoms with Crippen LogP contribution in [0.25, 0.3) is 0 Å². The van der Waals surface area contributed by atoms with Crippen molar-refractivity contribution >= 4 is 39.5 Å². The minimum atomic E-state index is -3.95. The van der Waals surface area contributed by atoms with Crippen LogP contribution in [-0.2, 0) is 27.6 Å². The highest BCUT2D eigenvalue weighted by atomic mass is 35.7. The molecule has 14 heteroatoms. The van der Waals surface area contributed by atoms with E-state index in [1.165, 1.54) is 36.4 Å². The smallest absolute Gasteiger partial charge is 0.261 e. The van der Waals surface area contributed by atoms with Crippen molar-refractivity contribution in [1.82, 2.24) is 0 Å². The first-order valence-corrected chi connectivity index (χ1v) is 14.6. The molecule has 0 spiro atoms. The second-order valence-electron chi connectivity index (χ2n) is 6.71. The van der Waals surface area contributed by atoms with E-state index in [9.17, 15) is 16.8 Å². The lowest BCUT2D eigenvalue weighted by Crippen LogP contribution is -2.15. The van der Waals surface area contributed by atoms with Gasteiger partial charge in [0.05, 0.1) is 36.2 Å². The molecule has 2 aromatic rings. The maximum Gasteiger partial charge on any atom is 0.261 e. The fourth-order valence-corrected chi connectivity index (χ4v) is 4.32. The number of halogens is 2.